The molecule has 1 heterocycles. The van der Waals surface area contributed by atoms with Gasteiger partial charge in [-0.05, 0) is 12.8 Å². The Balaban J connectivity index is 2.32. The summed E-state index contributed by atoms with van der Waals surface area (Å²) in [6, 6.07) is 2.41. The number of hydrogen-bond acceptors (Lipinski definition) is 3. The highest BCUT2D eigenvalue weighted by atomic mass is 16.2. The molecule has 0 aromatic rings. The molecule has 0 bridgehead atoms. The molecule has 0 aliphatic carbocycles. The highest BCUT2D eigenvalue weighted by molar-refractivity contribution is 5.76. The van der Waals surface area contributed by atoms with Gasteiger partial charge < -0.3 is 4.90 Å². The van der Waals surface area contributed by atoms with E-state index in [0.717, 1.165) is 58.3 Å². The average molecular weight is 265 g/mol. The fourth-order valence-electron chi connectivity index (χ4n) is 2.57. The van der Waals surface area contributed by atoms with Crippen molar-refractivity contribution in [2.45, 2.75) is 58.4 Å². The number of hydrogen-bond donors (Lipinski definition) is 0. The zero-order valence-electron chi connectivity index (χ0n) is 12.4. The Morgan fingerprint density at radius 1 is 1.16 bits per heavy atom. The lowest BCUT2D eigenvalue weighted by Crippen LogP contribution is -2.51. The van der Waals surface area contributed by atoms with E-state index >= 15 is 0 Å². The van der Waals surface area contributed by atoms with Crippen LogP contribution >= 0.6 is 0 Å². The van der Waals surface area contributed by atoms with Gasteiger partial charge in [0.1, 0.15) is 0 Å². The van der Waals surface area contributed by atoms with Gasteiger partial charge in [-0.15, -0.1) is 0 Å². The van der Waals surface area contributed by atoms with Crippen LogP contribution in [0.3, 0.4) is 0 Å². The van der Waals surface area contributed by atoms with Crippen molar-refractivity contribution in [2.75, 3.05) is 26.2 Å². The van der Waals surface area contributed by atoms with Crippen LogP contribution in [0.25, 0.3) is 0 Å². The fourth-order valence-corrected chi connectivity index (χ4v) is 2.57. The molecule has 19 heavy (non-hydrogen) atoms. The van der Waals surface area contributed by atoms with E-state index in [2.05, 4.69) is 24.8 Å². The number of amides is 1. The van der Waals surface area contributed by atoms with Crippen molar-refractivity contribution in [3.8, 4) is 6.07 Å². The van der Waals surface area contributed by atoms with Crippen LogP contribution in [-0.4, -0.2) is 47.9 Å². The van der Waals surface area contributed by atoms with Gasteiger partial charge in [0.15, 0.2) is 0 Å². The fraction of sp³-hybridized carbons (Fsp3) is 0.867. The molecular weight excluding hydrogens is 238 g/mol. The standard InChI is InChI=1S/C15H27N3O/c1-3-5-6-8-15(19)18-11-9-17(10-12-18)14(13-16)7-4-2/h14H,3-12H2,1-2H3. The first-order valence-electron chi connectivity index (χ1n) is 7.64. The summed E-state index contributed by atoms with van der Waals surface area (Å²) in [6.45, 7) is 7.52. The zero-order valence-corrected chi connectivity index (χ0v) is 12.4. The van der Waals surface area contributed by atoms with Crippen molar-refractivity contribution in [3.63, 3.8) is 0 Å². The molecule has 0 N–H and O–H groups in total. The minimum absolute atomic E-state index is 0.0299. The van der Waals surface area contributed by atoms with Crippen LogP contribution in [0.2, 0.25) is 0 Å². The number of carbonyl (C=O) groups excluding carboxylic acids is 1. The molecule has 0 radical (unpaired) electrons. The maximum Gasteiger partial charge on any atom is 0.222 e. The third-order valence-corrected chi connectivity index (χ3v) is 3.81. The van der Waals surface area contributed by atoms with Gasteiger partial charge in [0, 0.05) is 32.6 Å². The van der Waals surface area contributed by atoms with E-state index in [9.17, 15) is 4.79 Å². The molecule has 1 aliphatic heterocycles. The van der Waals surface area contributed by atoms with Crippen molar-refractivity contribution in [1.29, 1.82) is 5.26 Å². The van der Waals surface area contributed by atoms with E-state index in [1.165, 1.54) is 0 Å². The lowest BCUT2D eigenvalue weighted by Gasteiger charge is -2.37. The number of carbonyl (C=O) groups is 1. The quantitative estimate of drug-likeness (QED) is 0.664. The molecule has 1 amide bonds. The zero-order chi connectivity index (χ0) is 14.1. The Labute approximate surface area is 117 Å². The molecule has 0 saturated carbocycles. The normalized spacial score (nSPS) is 18.1. The predicted octanol–water partition coefficient (Wildman–Crippen LogP) is 2.40. The van der Waals surface area contributed by atoms with Gasteiger partial charge in [0.2, 0.25) is 5.91 Å². The van der Waals surface area contributed by atoms with Crippen molar-refractivity contribution in [2.24, 2.45) is 0 Å². The topological polar surface area (TPSA) is 47.3 Å². The van der Waals surface area contributed by atoms with E-state index in [4.69, 9.17) is 5.26 Å². The van der Waals surface area contributed by atoms with Crippen LogP contribution in [0.15, 0.2) is 0 Å². The number of piperazine rings is 1. The highest BCUT2D eigenvalue weighted by Crippen LogP contribution is 2.12. The molecule has 1 atom stereocenters. The Morgan fingerprint density at radius 3 is 2.37 bits per heavy atom. The number of nitriles is 1. The van der Waals surface area contributed by atoms with E-state index in [0.29, 0.717) is 6.42 Å². The first-order chi connectivity index (χ1) is 9.22. The summed E-state index contributed by atoms with van der Waals surface area (Å²) in [5.41, 5.74) is 0. The number of unbranched alkanes of at least 4 members (excludes halogenated alkanes) is 2. The molecular formula is C15H27N3O. The maximum atomic E-state index is 12.0. The minimum Gasteiger partial charge on any atom is -0.340 e. The summed E-state index contributed by atoms with van der Waals surface area (Å²) >= 11 is 0. The predicted molar refractivity (Wildman–Crippen MR) is 76.6 cm³/mol. The van der Waals surface area contributed by atoms with Crippen LogP contribution in [0.5, 0.6) is 0 Å². The summed E-state index contributed by atoms with van der Waals surface area (Å²) in [4.78, 5) is 16.2. The smallest absolute Gasteiger partial charge is 0.222 e. The second-order valence-electron chi connectivity index (χ2n) is 5.31. The Morgan fingerprint density at radius 2 is 1.84 bits per heavy atom. The number of nitrogens with zero attached hydrogens (tertiary/aromatic N) is 3. The molecule has 1 rings (SSSR count). The average Bonchev–Trinajstić information content (AvgIpc) is 2.45. The van der Waals surface area contributed by atoms with Gasteiger partial charge in [0.25, 0.3) is 0 Å². The summed E-state index contributed by atoms with van der Waals surface area (Å²) in [5, 5.41) is 9.16. The maximum absolute atomic E-state index is 12.0. The third kappa shape index (κ3) is 5.20. The van der Waals surface area contributed by atoms with Crippen molar-refractivity contribution < 1.29 is 4.79 Å². The molecule has 1 unspecified atom stereocenters. The van der Waals surface area contributed by atoms with Gasteiger partial charge in [-0.25, -0.2) is 0 Å². The summed E-state index contributed by atoms with van der Waals surface area (Å²) < 4.78 is 0. The first-order valence-corrected chi connectivity index (χ1v) is 7.64. The van der Waals surface area contributed by atoms with Gasteiger partial charge in [-0.1, -0.05) is 33.1 Å². The van der Waals surface area contributed by atoms with E-state index in [-0.39, 0.29) is 11.9 Å². The van der Waals surface area contributed by atoms with Crippen LogP contribution in [-0.2, 0) is 4.79 Å². The van der Waals surface area contributed by atoms with Crippen LogP contribution in [0, 0.1) is 11.3 Å². The van der Waals surface area contributed by atoms with Gasteiger partial charge in [-0.2, -0.15) is 5.26 Å². The molecule has 108 valence electrons. The lowest BCUT2D eigenvalue weighted by molar-refractivity contribution is -0.133. The molecule has 0 spiro atoms. The molecule has 0 aromatic carbocycles. The van der Waals surface area contributed by atoms with Crippen LogP contribution in [0.1, 0.15) is 52.4 Å². The number of rotatable bonds is 7. The van der Waals surface area contributed by atoms with Gasteiger partial charge in [-0.3, -0.25) is 9.69 Å². The molecule has 4 heteroatoms. The monoisotopic (exact) mass is 265 g/mol. The first kappa shape index (κ1) is 16.0. The van der Waals surface area contributed by atoms with E-state index in [1.807, 2.05) is 4.90 Å². The van der Waals surface area contributed by atoms with E-state index < -0.39 is 0 Å². The van der Waals surface area contributed by atoms with Crippen molar-refractivity contribution in [1.82, 2.24) is 9.80 Å². The van der Waals surface area contributed by atoms with Gasteiger partial charge >= 0.3 is 0 Å². The Bertz CT molecular complexity index is 303. The van der Waals surface area contributed by atoms with Gasteiger partial charge in [0.05, 0.1) is 12.1 Å². The summed E-state index contributed by atoms with van der Waals surface area (Å²) in [6.07, 6.45) is 5.95. The van der Waals surface area contributed by atoms with Crippen LogP contribution in [0.4, 0.5) is 0 Å². The summed E-state index contributed by atoms with van der Waals surface area (Å²) in [5.74, 6) is 0.289. The second kappa shape index (κ2) is 8.92. The van der Waals surface area contributed by atoms with Crippen molar-refractivity contribution in [3.05, 3.63) is 0 Å². The molecule has 4 nitrogen and oxygen atoms in total. The van der Waals surface area contributed by atoms with Crippen LogP contribution < -0.4 is 0 Å². The Hall–Kier alpha value is -1.08. The largest absolute Gasteiger partial charge is 0.340 e. The molecule has 1 fully saturated rings. The van der Waals surface area contributed by atoms with E-state index in [1.54, 1.807) is 0 Å². The third-order valence-electron chi connectivity index (χ3n) is 3.81. The molecule has 1 saturated heterocycles. The lowest BCUT2D eigenvalue weighted by atomic mass is 10.1. The molecule has 0 aromatic heterocycles. The Kier molecular flexibility index (Phi) is 7.50. The molecule has 1 aliphatic rings. The minimum atomic E-state index is 0.0299. The summed E-state index contributed by atoms with van der Waals surface area (Å²) in [7, 11) is 0. The van der Waals surface area contributed by atoms with Crippen molar-refractivity contribution >= 4 is 5.91 Å². The highest BCUT2D eigenvalue weighted by Gasteiger charge is 2.25. The second-order valence-corrected chi connectivity index (χ2v) is 5.31. The SMILES string of the molecule is CCCCCC(=O)N1CCN(C(C#N)CCC)CC1.